The van der Waals surface area contributed by atoms with Crippen molar-refractivity contribution in [1.29, 1.82) is 0 Å². The van der Waals surface area contributed by atoms with Gasteiger partial charge in [0.05, 0.1) is 12.1 Å². The molecule has 0 aliphatic heterocycles. The smallest absolute Gasteiger partial charge is 0.270 e. The Morgan fingerprint density at radius 3 is 2.93 bits per heavy atom. The van der Waals surface area contributed by atoms with Gasteiger partial charge in [0.1, 0.15) is 5.69 Å². The molecule has 2 N–H and O–H groups in total. The highest BCUT2D eigenvalue weighted by atomic mass is 16.3. The molecule has 1 aromatic rings. The minimum Gasteiger partial charge on any atom is -0.394 e. The normalized spacial score (nSPS) is 17.9. The summed E-state index contributed by atoms with van der Waals surface area (Å²) in [6, 6.07) is 1.66. The van der Waals surface area contributed by atoms with Gasteiger partial charge in [-0.1, -0.05) is 0 Å². The second-order valence-corrected chi connectivity index (χ2v) is 3.73. The average Bonchev–Trinajstić information content (AvgIpc) is 2.80. The van der Waals surface area contributed by atoms with Crippen molar-refractivity contribution < 1.29 is 9.90 Å². The maximum absolute atomic E-state index is 11.7. The van der Waals surface area contributed by atoms with Crippen LogP contribution >= 0.6 is 0 Å². The van der Waals surface area contributed by atoms with Crippen molar-refractivity contribution in [3.8, 4) is 0 Å². The zero-order chi connectivity index (χ0) is 10.2. The van der Waals surface area contributed by atoms with Crippen LogP contribution in [0.5, 0.6) is 0 Å². The number of hydrogen-bond donors (Lipinski definition) is 2. The number of nitrogens with zero attached hydrogens (tertiary/aromatic N) is 2. The molecule has 5 nitrogen and oxygen atoms in total. The minimum absolute atomic E-state index is 0.0105. The molecule has 5 heteroatoms. The summed E-state index contributed by atoms with van der Waals surface area (Å²) in [7, 11) is 1.72. The Labute approximate surface area is 81.7 Å². The molecule has 0 atom stereocenters. The molecular formula is C9H13N3O2. The number of aliphatic hydroxyl groups excluding tert-OH is 1. The molecule has 0 radical (unpaired) electrons. The highest BCUT2D eigenvalue weighted by Gasteiger charge is 2.43. The molecule has 14 heavy (non-hydrogen) atoms. The molecule has 0 saturated heterocycles. The Balaban J connectivity index is 2.07. The Kier molecular flexibility index (Phi) is 2.03. The van der Waals surface area contributed by atoms with Gasteiger partial charge >= 0.3 is 0 Å². The van der Waals surface area contributed by atoms with Gasteiger partial charge in [-0.25, -0.2) is 0 Å². The molecule has 1 saturated carbocycles. The van der Waals surface area contributed by atoms with Crippen molar-refractivity contribution in [2.75, 3.05) is 6.61 Å². The molecule has 0 aromatic carbocycles. The van der Waals surface area contributed by atoms with Gasteiger partial charge in [0.15, 0.2) is 0 Å². The van der Waals surface area contributed by atoms with Gasteiger partial charge in [0.25, 0.3) is 5.91 Å². The Hall–Kier alpha value is -1.36. The first-order chi connectivity index (χ1) is 6.67. The van der Waals surface area contributed by atoms with Gasteiger partial charge in [-0.15, -0.1) is 0 Å². The third-order valence-corrected chi connectivity index (χ3v) is 2.59. The Morgan fingerprint density at radius 2 is 2.50 bits per heavy atom. The van der Waals surface area contributed by atoms with Crippen molar-refractivity contribution in [1.82, 2.24) is 15.1 Å². The number of aryl methyl sites for hydroxylation is 1. The van der Waals surface area contributed by atoms with E-state index in [1.807, 2.05) is 0 Å². The first kappa shape index (κ1) is 9.21. The average molecular weight is 195 g/mol. The van der Waals surface area contributed by atoms with Crippen LogP contribution in [0.1, 0.15) is 23.3 Å². The molecule has 1 aromatic heterocycles. The molecule has 0 spiro atoms. The molecule has 1 fully saturated rings. The molecule has 76 valence electrons. The summed E-state index contributed by atoms with van der Waals surface area (Å²) in [6.45, 7) is 0.0105. The largest absolute Gasteiger partial charge is 0.394 e. The van der Waals surface area contributed by atoms with Crippen LogP contribution in [0.2, 0.25) is 0 Å². The van der Waals surface area contributed by atoms with Gasteiger partial charge in [0, 0.05) is 13.2 Å². The molecule has 0 bridgehead atoms. The van der Waals surface area contributed by atoms with Gasteiger partial charge in [-0.3, -0.25) is 9.48 Å². The van der Waals surface area contributed by atoms with Crippen LogP contribution in [0.4, 0.5) is 0 Å². The number of aromatic nitrogens is 2. The quantitative estimate of drug-likeness (QED) is 0.694. The number of aliphatic hydroxyl groups is 1. The summed E-state index contributed by atoms with van der Waals surface area (Å²) in [5.74, 6) is -0.170. The fourth-order valence-electron chi connectivity index (χ4n) is 1.38. The molecule has 1 aliphatic carbocycles. The summed E-state index contributed by atoms with van der Waals surface area (Å²) in [5.41, 5.74) is 0.158. The molecule has 1 aliphatic rings. The molecular weight excluding hydrogens is 182 g/mol. The maximum atomic E-state index is 11.7. The fourth-order valence-corrected chi connectivity index (χ4v) is 1.38. The highest BCUT2D eigenvalue weighted by molar-refractivity contribution is 5.93. The Bertz CT molecular complexity index is 355. The maximum Gasteiger partial charge on any atom is 0.270 e. The zero-order valence-electron chi connectivity index (χ0n) is 8.03. The van der Waals surface area contributed by atoms with Crippen LogP contribution in [-0.2, 0) is 7.05 Å². The van der Waals surface area contributed by atoms with E-state index in [9.17, 15) is 4.79 Å². The predicted molar refractivity (Wildman–Crippen MR) is 49.7 cm³/mol. The zero-order valence-corrected chi connectivity index (χ0v) is 8.03. The van der Waals surface area contributed by atoms with Crippen molar-refractivity contribution in [2.24, 2.45) is 7.05 Å². The van der Waals surface area contributed by atoms with E-state index in [2.05, 4.69) is 10.4 Å². The number of carbonyl (C=O) groups is 1. The van der Waals surface area contributed by atoms with E-state index in [1.165, 1.54) is 4.68 Å². The lowest BCUT2D eigenvalue weighted by atomic mass is 10.2. The predicted octanol–water partition coefficient (Wildman–Crippen LogP) is -0.325. The standard InChI is InChI=1S/C9H13N3O2/c1-12-7(2-5-10-12)8(14)11-9(6-13)3-4-9/h2,5,13H,3-4,6H2,1H3,(H,11,14). The van der Waals surface area contributed by atoms with E-state index in [0.717, 1.165) is 12.8 Å². The molecule has 2 rings (SSSR count). The molecule has 0 unspecified atom stereocenters. The monoisotopic (exact) mass is 195 g/mol. The number of nitrogens with one attached hydrogen (secondary N) is 1. The van der Waals surface area contributed by atoms with E-state index in [4.69, 9.17) is 5.11 Å². The summed E-state index contributed by atoms with van der Waals surface area (Å²) in [4.78, 5) is 11.7. The van der Waals surface area contributed by atoms with Gasteiger partial charge in [-0.05, 0) is 18.9 Å². The summed E-state index contributed by atoms with van der Waals surface area (Å²) in [5, 5.41) is 15.8. The SMILES string of the molecule is Cn1nccc1C(=O)NC1(CO)CC1. The summed E-state index contributed by atoms with van der Waals surface area (Å²) >= 11 is 0. The minimum atomic E-state index is -0.360. The van der Waals surface area contributed by atoms with Crippen LogP contribution in [-0.4, -0.2) is 32.9 Å². The van der Waals surface area contributed by atoms with Crippen LogP contribution < -0.4 is 5.32 Å². The third kappa shape index (κ3) is 1.50. The van der Waals surface area contributed by atoms with Crippen molar-refractivity contribution >= 4 is 5.91 Å². The van der Waals surface area contributed by atoms with Crippen molar-refractivity contribution in [2.45, 2.75) is 18.4 Å². The first-order valence-electron chi connectivity index (χ1n) is 4.58. The lowest BCUT2D eigenvalue weighted by molar-refractivity contribution is 0.0897. The van der Waals surface area contributed by atoms with Crippen LogP contribution in [0.25, 0.3) is 0 Å². The highest BCUT2D eigenvalue weighted by Crippen LogP contribution is 2.34. The number of amides is 1. The van der Waals surface area contributed by atoms with Gasteiger partial charge in [0.2, 0.25) is 0 Å². The number of carbonyl (C=O) groups excluding carboxylic acids is 1. The first-order valence-corrected chi connectivity index (χ1v) is 4.58. The molecule has 1 heterocycles. The third-order valence-electron chi connectivity index (χ3n) is 2.59. The lowest BCUT2D eigenvalue weighted by Crippen LogP contribution is -2.40. The van der Waals surface area contributed by atoms with E-state index in [-0.39, 0.29) is 18.1 Å². The van der Waals surface area contributed by atoms with Crippen LogP contribution in [0.3, 0.4) is 0 Å². The van der Waals surface area contributed by atoms with Crippen molar-refractivity contribution in [3.63, 3.8) is 0 Å². The van der Waals surface area contributed by atoms with Crippen molar-refractivity contribution in [3.05, 3.63) is 18.0 Å². The van der Waals surface area contributed by atoms with E-state index < -0.39 is 0 Å². The van der Waals surface area contributed by atoms with E-state index >= 15 is 0 Å². The van der Waals surface area contributed by atoms with E-state index in [1.54, 1.807) is 19.3 Å². The van der Waals surface area contributed by atoms with E-state index in [0.29, 0.717) is 5.69 Å². The second kappa shape index (κ2) is 3.09. The van der Waals surface area contributed by atoms with Crippen LogP contribution in [0, 0.1) is 0 Å². The number of rotatable bonds is 3. The van der Waals surface area contributed by atoms with Crippen LogP contribution in [0.15, 0.2) is 12.3 Å². The second-order valence-electron chi connectivity index (χ2n) is 3.73. The topological polar surface area (TPSA) is 67.2 Å². The summed E-state index contributed by atoms with van der Waals surface area (Å²) < 4.78 is 1.52. The summed E-state index contributed by atoms with van der Waals surface area (Å²) in [6.07, 6.45) is 3.29. The number of hydrogen-bond acceptors (Lipinski definition) is 3. The Morgan fingerprint density at radius 1 is 1.79 bits per heavy atom. The molecule has 1 amide bonds. The van der Waals surface area contributed by atoms with Gasteiger partial charge in [-0.2, -0.15) is 5.10 Å². The fraction of sp³-hybridized carbons (Fsp3) is 0.556. The lowest BCUT2D eigenvalue weighted by Gasteiger charge is -2.13. The van der Waals surface area contributed by atoms with Gasteiger partial charge < -0.3 is 10.4 Å².